The van der Waals surface area contributed by atoms with Gasteiger partial charge in [0.2, 0.25) is 0 Å². The molecule has 2 rings (SSSR count). The predicted molar refractivity (Wildman–Crippen MR) is 88.1 cm³/mol. The van der Waals surface area contributed by atoms with Gasteiger partial charge in [-0.05, 0) is 18.4 Å². The molecule has 3 heteroatoms. The van der Waals surface area contributed by atoms with Gasteiger partial charge in [0, 0.05) is 31.4 Å². The van der Waals surface area contributed by atoms with Gasteiger partial charge in [0.25, 0.3) is 0 Å². The van der Waals surface area contributed by atoms with E-state index in [2.05, 4.69) is 60.8 Å². The van der Waals surface area contributed by atoms with E-state index in [4.69, 9.17) is 0 Å². The standard InChI is InChI=1S/C18H27N3/c1-4-6-12-18(15-10-8-7-9-11-15)19-13-16-14-21(3)20-17(16)5-2/h7-11,14,18-19H,4-6,12-13H2,1-3H3. The minimum Gasteiger partial charge on any atom is -0.306 e. The van der Waals surface area contributed by atoms with Crippen molar-refractivity contribution >= 4 is 0 Å². The second kappa shape index (κ2) is 7.99. The van der Waals surface area contributed by atoms with Gasteiger partial charge < -0.3 is 5.32 Å². The first-order chi connectivity index (χ1) is 10.2. The highest BCUT2D eigenvalue weighted by atomic mass is 15.3. The number of nitrogens with zero attached hydrogens (tertiary/aromatic N) is 2. The van der Waals surface area contributed by atoms with Crippen molar-refractivity contribution < 1.29 is 0 Å². The molecular weight excluding hydrogens is 258 g/mol. The van der Waals surface area contributed by atoms with Crippen LogP contribution in [0.4, 0.5) is 0 Å². The Hall–Kier alpha value is -1.61. The molecule has 0 aliphatic heterocycles. The molecule has 1 heterocycles. The molecule has 0 saturated carbocycles. The summed E-state index contributed by atoms with van der Waals surface area (Å²) < 4.78 is 1.92. The van der Waals surface area contributed by atoms with Gasteiger partial charge in [-0.25, -0.2) is 0 Å². The largest absolute Gasteiger partial charge is 0.306 e. The Balaban J connectivity index is 2.05. The number of unbranched alkanes of at least 4 members (excludes halogenated alkanes) is 1. The molecule has 0 fully saturated rings. The lowest BCUT2D eigenvalue weighted by atomic mass is 10.0. The summed E-state index contributed by atoms with van der Waals surface area (Å²) in [5.41, 5.74) is 3.90. The van der Waals surface area contributed by atoms with Crippen molar-refractivity contribution in [3.63, 3.8) is 0 Å². The van der Waals surface area contributed by atoms with Crippen LogP contribution >= 0.6 is 0 Å². The monoisotopic (exact) mass is 285 g/mol. The highest BCUT2D eigenvalue weighted by molar-refractivity contribution is 5.21. The molecule has 0 bridgehead atoms. The fraction of sp³-hybridized carbons (Fsp3) is 0.500. The van der Waals surface area contributed by atoms with E-state index in [0.717, 1.165) is 13.0 Å². The van der Waals surface area contributed by atoms with Gasteiger partial charge in [-0.1, -0.05) is 57.0 Å². The highest BCUT2D eigenvalue weighted by Gasteiger charge is 2.12. The van der Waals surface area contributed by atoms with Crippen LogP contribution in [-0.4, -0.2) is 9.78 Å². The molecule has 0 spiro atoms. The van der Waals surface area contributed by atoms with Crippen molar-refractivity contribution in [2.45, 2.75) is 52.1 Å². The van der Waals surface area contributed by atoms with E-state index in [-0.39, 0.29) is 0 Å². The molecule has 2 aromatic rings. The van der Waals surface area contributed by atoms with Gasteiger partial charge in [0.15, 0.2) is 0 Å². The summed E-state index contributed by atoms with van der Waals surface area (Å²) in [6.45, 7) is 5.30. The first kappa shape index (κ1) is 15.8. The second-order valence-electron chi connectivity index (χ2n) is 5.61. The lowest BCUT2D eigenvalue weighted by Gasteiger charge is -2.19. The van der Waals surface area contributed by atoms with Crippen molar-refractivity contribution in [3.8, 4) is 0 Å². The van der Waals surface area contributed by atoms with Gasteiger partial charge in [-0.2, -0.15) is 5.10 Å². The second-order valence-corrected chi connectivity index (χ2v) is 5.61. The molecule has 114 valence electrons. The van der Waals surface area contributed by atoms with Crippen molar-refractivity contribution in [1.29, 1.82) is 0 Å². The quantitative estimate of drug-likeness (QED) is 0.794. The van der Waals surface area contributed by atoms with Crippen LogP contribution in [0.3, 0.4) is 0 Å². The predicted octanol–water partition coefficient (Wildman–Crippen LogP) is 4.00. The molecule has 0 amide bonds. The van der Waals surface area contributed by atoms with E-state index in [1.165, 1.54) is 36.1 Å². The number of hydrogen-bond acceptors (Lipinski definition) is 2. The summed E-state index contributed by atoms with van der Waals surface area (Å²) in [5, 5.41) is 8.24. The van der Waals surface area contributed by atoms with Crippen LogP contribution < -0.4 is 5.32 Å². The summed E-state index contributed by atoms with van der Waals surface area (Å²) in [4.78, 5) is 0. The Morgan fingerprint density at radius 3 is 2.62 bits per heavy atom. The van der Waals surface area contributed by atoms with Crippen LogP contribution in [0.5, 0.6) is 0 Å². The van der Waals surface area contributed by atoms with Crippen LogP contribution in [0.2, 0.25) is 0 Å². The number of aromatic nitrogens is 2. The van der Waals surface area contributed by atoms with E-state index < -0.39 is 0 Å². The maximum absolute atomic E-state index is 4.52. The van der Waals surface area contributed by atoms with Crippen LogP contribution in [0.25, 0.3) is 0 Å². The Bertz CT molecular complexity index is 531. The Morgan fingerprint density at radius 1 is 1.19 bits per heavy atom. The third-order valence-corrected chi connectivity index (χ3v) is 3.91. The summed E-state index contributed by atoms with van der Waals surface area (Å²) in [6, 6.07) is 11.2. The van der Waals surface area contributed by atoms with Gasteiger partial charge in [0.05, 0.1) is 5.69 Å². The topological polar surface area (TPSA) is 29.9 Å². The maximum Gasteiger partial charge on any atom is 0.0666 e. The van der Waals surface area contributed by atoms with E-state index in [1.807, 2.05) is 11.7 Å². The molecule has 1 aromatic heterocycles. The molecular formula is C18H27N3. The van der Waals surface area contributed by atoms with Gasteiger partial charge in [0.1, 0.15) is 0 Å². The summed E-state index contributed by atoms with van der Waals surface area (Å²) in [7, 11) is 1.99. The normalized spacial score (nSPS) is 12.5. The lowest BCUT2D eigenvalue weighted by Crippen LogP contribution is -2.21. The third kappa shape index (κ3) is 4.43. The number of benzene rings is 1. The molecule has 3 nitrogen and oxygen atoms in total. The zero-order valence-corrected chi connectivity index (χ0v) is 13.5. The fourth-order valence-corrected chi connectivity index (χ4v) is 2.74. The minimum atomic E-state index is 0.427. The molecule has 1 unspecified atom stereocenters. The third-order valence-electron chi connectivity index (χ3n) is 3.91. The van der Waals surface area contributed by atoms with Crippen molar-refractivity contribution in [1.82, 2.24) is 15.1 Å². The van der Waals surface area contributed by atoms with Gasteiger partial charge >= 0.3 is 0 Å². The van der Waals surface area contributed by atoms with Gasteiger partial charge in [-0.3, -0.25) is 4.68 Å². The van der Waals surface area contributed by atoms with E-state index in [0.29, 0.717) is 6.04 Å². The number of hydrogen-bond donors (Lipinski definition) is 1. The molecule has 0 saturated heterocycles. The van der Waals surface area contributed by atoms with E-state index >= 15 is 0 Å². The zero-order valence-electron chi connectivity index (χ0n) is 13.5. The summed E-state index contributed by atoms with van der Waals surface area (Å²) >= 11 is 0. The average Bonchev–Trinajstić information content (AvgIpc) is 2.88. The molecule has 1 N–H and O–H groups in total. The first-order valence-electron chi connectivity index (χ1n) is 8.04. The first-order valence-corrected chi connectivity index (χ1v) is 8.04. The maximum atomic E-state index is 4.52. The number of nitrogens with one attached hydrogen (secondary N) is 1. The Labute approximate surface area is 128 Å². The number of aryl methyl sites for hydroxylation is 2. The molecule has 0 aliphatic rings. The van der Waals surface area contributed by atoms with Crippen LogP contribution in [0.1, 0.15) is 56.0 Å². The van der Waals surface area contributed by atoms with Crippen LogP contribution in [0, 0.1) is 0 Å². The average molecular weight is 285 g/mol. The van der Waals surface area contributed by atoms with Crippen LogP contribution in [-0.2, 0) is 20.0 Å². The summed E-state index contributed by atoms with van der Waals surface area (Å²) in [5.74, 6) is 0. The minimum absolute atomic E-state index is 0.427. The molecule has 0 aliphatic carbocycles. The van der Waals surface area contributed by atoms with Gasteiger partial charge in [-0.15, -0.1) is 0 Å². The molecule has 21 heavy (non-hydrogen) atoms. The molecule has 1 atom stereocenters. The zero-order chi connectivity index (χ0) is 15.1. The fourth-order valence-electron chi connectivity index (χ4n) is 2.74. The van der Waals surface area contributed by atoms with E-state index in [1.54, 1.807) is 0 Å². The smallest absolute Gasteiger partial charge is 0.0666 e. The Morgan fingerprint density at radius 2 is 1.95 bits per heavy atom. The Kier molecular flexibility index (Phi) is 6.00. The highest BCUT2D eigenvalue weighted by Crippen LogP contribution is 2.20. The van der Waals surface area contributed by atoms with Crippen molar-refractivity contribution in [2.75, 3.05) is 0 Å². The van der Waals surface area contributed by atoms with E-state index in [9.17, 15) is 0 Å². The molecule has 1 aromatic carbocycles. The van der Waals surface area contributed by atoms with Crippen LogP contribution in [0.15, 0.2) is 36.5 Å². The number of rotatable bonds is 8. The summed E-state index contributed by atoms with van der Waals surface area (Å²) in [6.07, 6.45) is 6.79. The van der Waals surface area contributed by atoms with Crippen molar-refractivity contribution in [3.05, 3.63) is 53.3 Å². The molecule has 0 radical (unpaired) electrons. The van der Waals surface area contributed by atoms with Crippen molar-refractivity contribution in [2.24, 2.45) is 7.05 Å². The SMILES string of the molecule is CCCCC(NCc1cn(C)nc1CC)c1ccccc1. The lowest BCUT2D eigenvalue weighted by molar-refractivity contribution is 0.479.